The second-order valence-electron chi connectivity index (χ2n) is 6.04. The Morgan fingerprint density at radius 1 is 1.38 bits per heavy atom. The number of carbonyl (C=O) groups is 2. The van der Waals surface area contributed by atoms with Crippen LogP contribution in [0.15, 0.2) is 16.5 Å². The Kier molecular flexibility index (Phi) is 3.71. The van der Waals surface area contributed by atoms with Crippen LogP contribution in [0.5, 0.6) is 0 Å². The Bertz CT molecular complexity index is 581. The zero-order valence-corrected chi connectivity index (χ0v) is 12.1. The molecule has 0 bridgehead atoms. The van der Waals surface area contributed by atoms with Crippen molar-refractivity contribution in [3.63, 3.8) is 0 Å². The Hall–Kier alpha value is -2.38. The number of hydrogen-bond acceptors (Lipinski definition) is 5. The fraction of sp³-hybridized carbons (Fsp3) is 0.538. The molecule has 1 aromatic rings. The van der Waals surface area contributed by atoms with Crippen LogP contribution in [0, 0.1) is 16.0 Å². The molecule has 8 heteroatoms. The quantitative estimate of drug-likeness (QED) is 0.665. The Balaban J connectivity index is 1.90. The molecule has 114 valence electrons. The average molecular weight is 295 g/mol. The molecule has 1 aromatic heterocycles. The van der Waals surface area contributed by atoms with E-state index in [9.17, 15) is 19.7 Å². The van der Waals surface area contributed by atoms with Gasteiger partial charge in [0.2, 0.25) is 5.91 Å². The van der Waals surface area contributed by atoms with Crippen molar-refractivity contribution in [2.24, 2.45) is 5.92 Å². The molecule has 2 amide bonds. The first-order valence-electron chi connectivity index (χ1n) is 6.53. The maximum Gasteiger partial charge on any atom is 0.433 e. The summed E-state index contributed by atoms with van der Waals surface area (Å²) in [4.78, 5) is 35.1. The van der Waals surface area contributed by atoms with E-state index < -0.39 is 16.7 Å². The standard InChI is InChI=1S/C13H17N3O5/c1-13(2,3)14-11(17)8-6-15(7-8)12(18)9-4-5-10(21-9)16(19)20/h4-5,8H,6-7H2,1-3H3,(H,14,17). The second-order valence-corrected chi connectivity index (χ2v) is 6.04. The highest BCUT2D eigenvalue weighted by Gasteiger charge is 2.38. The molecule has 0 aromatic carbocycles. The van der Waals surface area contributed by atoms with Crippen molar-refractivity contribution in [3.05, 3.63) is 28.0 Å². The number of nitro groups is 1. The number of furan rings is 1. The highest BCUT2D eigenvalue weighted by Crippen LogP contribution is 2.23. The summed E-state index contributed by atoms with van der Waals surface area (Å²) in [5.74, 6) is -1.35. The van der Waals surface area contributed by atoms with Gasteiger partial charge < -0.3 is 14.6 Å². The van der Waals surface area contributed by atoms with Crippen molar-refractivity contribution >= 4 is 17.7 Å². The van der Waals surface area contributed by atoms with Gasteiger partial charge in [0.1, 0.15) is 4.92 Å². The SMILES string of the molecule is CC(C)(C)NC(=O)C1CN(C(=O)c2ccc([N+](=O)[O-])o2)C1. The summed E-state index contributed by atoms with van der Waals surface area (Å²) in [6.07, 6.45) is 0. The lowest BCUT2D eigenvalue weighted by Gasteiger charge is -2.38. The van der Waals surface area contributed by atoms with Gasteiger partial charge >= 0.3 is 5.88 Å². The topological polar surface area (TPSA) is 106 Å². The van der Waals surface area contributed by atoms with Crippen LogP contribution < -0.4 is 5.32 Å². The van der Waals surface area contributed by atoms with E-state index in [1.165, 1.54) is 11.0 Å². The van der Waals surface area contributed by atoms with Gasteiger partial charge in [-0.05, 0) is 26.8 Å². The van der Waals surface area contributed by atoms with Crippen LogP contribution in [0.3, 0.4) is 0 Å². The minimum Gasteiger partial charge on any atom is -0.395 e. The van der Waals surface area contributed by atoms with E-state index >= 15 is 0 Å². The molecule has 0 atom stereocenters. The average Bonchev–Trinajstić information content (AvgIpc) is 2.72. The maximum absolute atomic E-state index is 12.0. The molecule has 0 unspecified atom stereocenters. The van der Waals surface area contributed by atoms with E-state index in [2.05, 4.69) is 5.32 Å². The molecule has 0 saturated carbocycles. The van der Waals surface area contributed by atoms with Gasteiger partial charge in [0.05, 0.1) is 12.0 Å². The third kappa shape index (κ3) is 3.39. The fourth-order valence-electron chi connectivity index (χ4n) is 1.98. The molecule has 0 aliphatic carbocycles. The molecule has 1 aliphatic heterocycles. The van der Waals surface area contributed by atoms with E-state index in [0.717, 1.165) is 6.07 Å². The predicted molar refractivity (Wildman–Crippen MR) is 72.7 cm³/mol. The lowest BCUT2D eigenvalue weighted by Crippen LogP contribution is -2.58. The zero-order chi connectivity index (χ0) is 15.8. The van der Waals surface area contributed by atoms with E-state index in [1.54, 1.807) is 0 Å². The number of rotatable bonds is 3. The lowest BCUT2D eigenvalue weighted by molar-refractivity contribution is -0.402. The van der Waals surface area contributed by atoms with Gasteiger partial charge in [-0.3, -0.25) is 19.7 Å². The summed E-state index contributed by atoms with van der Waals surface area (Å²) in [6.45, 7) is 6.22. The molecule has 0 spiro atoms. The van der Waals surface area contributed by atoms with Crippen LogP contribution in [0.4, 0.5) is 5.88 Å². The molecular formula is C13H17N3O5. The van der Waals surface area contributed by atoms with Crippen LogP contribution in [-0.4, -0.2) is 40.3 Å². The normalized spacial score (nSPS) is 15.5. The summed E-state index contributed by atoms with van der Waals surface area (Å²) in [5.41, 5.74) is -0.316. The zero-order valence-electron chi connectivity index (χ0n) is 12.1. The summed E-state index contributed by atoms with van der Waals surface area (Å²) in [6, 6.07) is 2.40. The number of amides is 2. The molecule has 1 aliphatic rings. The first kappa shape index (κ1) is 15.0. The minimum absolute atomic E-state index is 0.0867. The van der Waals surface area contributed by atoms with Crippen LogP contribution in [0.25, 0.3) is 0 Å². The molecule has 1 N–H and O–H groups in total. The fourth-order valence-corrected chi connectivity index (χ4v) is 1.98. The van der Waals surface area contributed by atoms with Crippen molar-refractivity contribution in [1.82, 2.24) is 10.2 Å². The third-order valence-electron chi connectivity index (χ3n) is 3.02. The maximum atomic E-state index is 12.0. The van der Waals surface area contributed by atoms with Crippen molar-refractivity contribution < 1.29 is 18.9 Å². The molecule has 0 radical (unpaired) electrons. The molecule has 2 heterocycles. The van der Waals surface area contributed by atoms with Gasteiger partial charge in [0.15, 0.2) is 5.76 Å². The number of nitrogens with one attached hydrogen (secondary N) is 1. The Morgan fingerprint density at radius 2 is 2.00 bits per heavy atom. The number of likely N-dealkylation sites (tertiary alicyclic amines) is 1. The predicted octanol–water partition coefficient (Wildman–Crippen LogP) is 1.17. The van der Waals surface area contributed by atoms with E-state index in [1.807, 2.05) is 20.8 Å². The van der Waals surface area contributed by atoms with E-state index in [4.69, 9.17) is 4.42 Å². The third-order valence-corrected chi connectivity index (χ3v) is 3.02. The van der Waals surface area contributed by atoms with Gasteiger partial charge in [-0.15, -0.1) is 0 Å². The van der Waals surface area contributed by atoms with Crippen LogP contribution in [0.1, 0.15) is 31.3 Å². The van der Waals surface area contributed by atoms with Gasteiger partial charge in [-0.1, -0.05) is 0 Å². The van der Waals surface area contributed by atoms with Crippen LogP contribution in [0.2, 0.25) is 0 Å². The van der Waals surface area contributed by atoms with Gasteiger partial charge in [-0.2, -0.15) is 0 Å². The number of hydrogen-bond donors (Lipinski definition) is 1. The van der Waals surface area contributed by atoms with Gasteiger partial charge in [0.25, 0.3) is 5.91 Å². The number of carbonyl (C=O) groups excluding carboxylic acids is 2. The molecule has 1 fully saturated rings. The van der Waals surface area contributed by atoms with Crippen LogP contribution in [-0.2, 0) is 4.79 Å². The second kappa shape index (κ2) is 5.19. The highest BCUT2D eigenvalue weighted by atomic mass is 16.6. The highest BCUT2D eigenvalue weighted by molar-refractivity contribution is 5.94. The first-order chi connectivity index (χ1) is 9.67. The molecule has 21 heavy (non-hydrogen) atoms. The van der Waals surface area contributed by atoms with Gasteiger partial charge in [0, 0.05) is 18.6 Å². The molecule has 1 saturated heterocycles. The van der Waals surface area contributed by atoms with Crippen molar-refractivity contribution in [2.45, 2.75) is 26.3 Å². The molecular weight excluding hydrogens is 278 g/mol. The lowest BCUT2D eigenvalue weighted by atomic mass is 9.97. The molecule has 8 nitrogen and oxygen atoms in total. The minimum atomic E-state index is -0.702. The van der Waals surface area contributed by atoms with Crippen molar-refractivity contribution in [1.29, 1.82) is 0 Å². The number of nitrogens with zero attached hydrogens (tertiary/aromatic N) is 2. The summed E-state index contributed by atoms with van der Waals surface area (Å²) >= 11 is 0. The summed E-state index contributed by atoms with van der Waals surface area (Å²) in [7, 11) is 0. The van der Waals surface area contributed by atoms with Crippen molar-refractivity contribution in [2.75, 3.05) is 13.1 Å². The smallest absolute Gasteiger partial charge is 0.395 e. The first-order valence-corrected chi connectivity index (χ1v) is 6.53. The van der Waals surface area contributed by atoms with E-state index in [-0.39, 0.29) is 36.2 Å². The molecule has 2 rings (SSSR count). The van der Waals surface area contributed by atoms with E-state index in [0.29, 0.717) is 0 Å². The summed E-state index contributed by atoms with van der Waals surface area (Å²) < 4.78 is 4.85. The monoisotopic (exact) mass is 295 g/mol. The summed E-state index contributed by atoms with van der Waals surface area (Å²) in [5, 5.41) is 13.3. The van der Waals surface area contributed by atoms with Crippen molar-refractivity contribution in [3.8, 4) is 0 Å². The Labute approximate surface area is 121 Å². The Morgan fingerprint density at radius 3 is 2.48 bits per heavy atom. The largest absolute Gasteiger partial charge is 0.433 e. The van der Waals surface area contributed by atoms with Gasteiger partial charge in [-0.25, -0.2) is 0 Å². The van der Waals surface area contributed by atoms with Crippen LogP contribution >= 0.6 is 0 Å².